The summed E-state index contributed by atoms with van der Waals surface area (Å²) in [4.78, 5) is 0. The van der Waals surface area contributed by atoms with Crippen LogP contribution >= 0.6 is 15.9 Å². The fraction of sp³-hybridized carbons (Fsp3) is 0.455. The first-order valence-corrected chi connectivity index (χ1v) is 5.54. The molecule has 0 fully saturated rings. The van der Waals surface area contributed by atoms with Crippen molar-refractivity contribution in [1.82, 2.24) is 0 Å². The molecule has 0 aliphatic heterocycles. The van der Waals surface area contributed by atoms with Gasteiger partial charge in [-0.2, -0.15) is 0 Å². The van der Waals surface area contributed by atoms with E-state index < -0.39 is 0 Å². The number of hydrogen-bond acceptors (Lipinski definition) is 2. The lowest BCUT2D eigenvalue weighted by Gasteiger charge is -2.14. The minimum absolute atomic E-state index is 0.0516. The summed E-state index contributed by atoms with van der Waals surface area (Å²) in [6.45, 7) is 5.30. The highest BCUT2D eigenvalue weighted by Gasteiger charge is 2.10. The van der Waals surface area contributed by atoms with Crippen molar-refractivity contribution in [3.8, 4) is 0 Å². The van der Waals surface area contributed by atoms with Crippen LogP contribution in [0.4, 0.5) is 0 Å². The quantitative estimate of drug-likeness (QED) is 0.901. The molecule has 14 heavy (non-hydrogen) atoms. The van der Waals surface area contributed by atoms with E-state index in [9.17, 15) is 0 Å². The predicted molar refractivity (Wildman–Crippen MR) is 62.3 cm³/mol. The first-order chi connectivity index (χ1) is 6.66. The van der Waals surface area contributed by atoms with Crippen molar-refractivity contribution in [3.63, 3.8) is 0 Å². The highest BCUT2D eigenvalue weighted by atomic mass is 79.9. The normalized spacial score (nSPS) is 12.9. The van der Waals surface area contributed by atoms with E-state index in [0.29, 0.717) is 13.2 Å². The van der Waals surface area contributed by atoms with E-state index in [4.69, 9.17) is 10.5 Å². The zero-order chi connectivity index (χ0) is 10.6. The van der Waals surface area contributed by atoms with E-state index in [1.54, 1.807) is 0 Å². The van der Waals surface area contributed by atoms with Gasteiger partial charge in [-0.15, -0.1) is 0 Å². The number of rotatable bonds is 4. The summed E-state index contributed by atoms with van der Waals surface area (Å²) >= 11 is 3.54. The first-order valence-electron chi connectivity index (χ1n) is 4.75. The molecular weight excluding hydrogens is 242 g/mol. The van der Waals surface area contributed by atoms with Gasteiger partial charge in [-0.1, -0.05) is 34.1 Å². The van der Waals surface area contributed by atoms with Crippen molar-refractivity contribution < 1.29 is 4.74 Å². The Balaban J connectivity index is 2.79. The molecular formula is C11H16BrNO. The van der Waals surface area contributed by atoms with Crippen molar-refractivity contribution in [1.29, 1.82) is 0 Å². The Morgan fingerprint density at radius 3 is 2.86 bits per heavy atom. The Hall–Kier alpha value is -0.380. The number of nitrogens with two attached hydrogens (primary N) is 1. The summed E-state index contributed by atoms with van der Waals surface area (Å²) in [5.74, 6) is 0. The average Bonchev–Trinajstić information content (AvgIpc) is 2.18. The van der Waals surface area contributed by atoms with Crippen LogP contribution in [0.15, 0.2) is 22.7 Å². The highest BCUT2D eigenvalue weighted by Crippen LogP contribution is 2.25. The van der Waals surface area contributed by atoms with Gasteiger partial charge in [-0.3, -0.25) is 0 Å². The van der Waals surface area contributed by atoms with Gasteiger partial charge in [-0.05, 0) is 25.0 Å². The van der Waals surface area contributed by atoms with Crippen LogP contribution in [0.3, 0.4) is 0 Å². The number of hydrogen-bond donors (Lipinski definition) is 1. The van der Waals surface area contributed by atoms with Gasteiger partial charge in [0.2, 0.25) is 0 Å². The molecule has 2 nitrogen and oxygen atoms in total. The molecule has 1 rings (SSSR count). The summed E-state index contributed by atoms with van der Waals surface area (Å²) in [5, 5.41) is 0. The van der Waals surface area contributed by atoms with Gasteiger partial charge in [0.1, 0.15) is 0 Å². The maximum Gasteiger partial charge on any atom is 0.0659 e. The van der Waals surface area contributed by atoms with Crippen molar-refractivity contribution in [2.75, 3.05) is 13.2 Å². The molecule has 2 N–H and O–H groups in total. The largest absolute Gasteiger partial charge is 0.380 e. The smallest absolute Gasteiger partial charge is 0.0659 e. The molecule has 0 radical (unpaired) electrons. The maximum atomic E-state index is 6.00. The first kappa shape index (κ1) is 11.7. The Morgan fingerprint density at radius 1 is 1.50 bits per heavy atom. The Bertz CT molecular complexity index is 301. The van der Waals surface area contributed by atoms with E-state index in [1.807, 2.05) is 19.1 Å². The summed E-state index contributed by atoms with van der Waals surface area (Å²) in [6.07, 6.45) is 0. The van der Waals surface area contributed by atoms with Crippen molar-refractivity contribution in [2.24, 2.45) is 5.73 Å². The van der Waals surface area contributed by atoms with Crippen molar-refractivity contribution >= 4 is 15.9 Å². The molecule has 0 aliphatic rings. The molecule has 1 unspecified atom stereocenters. The predicted octanol–water partition coefficient (Wildman–Crippen LogP) is 2.79. The summed E-state index contributed by atoms with van der Waals surface area (Å²) in [5.41, 5.74) is 8.31. The van der Waals surface area contributed by atoms with Gasteiger partial charge >= 0.3 is 0 Å². The van der Waals surface area contributed by atoms with E-state index in [0.717, 1.165) is 10.0 Å². The van der Waals surface area contributed by atoms with Crippen LogP contribution < -0.4 is 5.73 Å². The summed E-state index contributed by atoms with van der Waals surface area (Å²) < 4.78 is 6.39. The summed E-state index contributed by atoms with van der Waals surface area (Å²) in [6, 6.07) is 6.05. The topological polar surface area (TPSA) is 35.2 Å². The van der Waals surface area contributed by atoms with Crippen LogP contribution in [0.2, 0.25) is 0 Å². The fourth-order valence-electron chi connectivity index (χ4n) is 1.29. The zero-order valence-electron chi connectivity index (χ0n) is 8.59. The molecule has 1 aromatic rings. The standard InChI is InChI=1S/C11H16BrNO/c1-3-14-7-10(13)9-6-4-5-8(2)11(9)12/h4-6,10H,3,7,13H2,1-2H3. The molecule has 3 heteroatoms. The van der Waals surface area contributed by atoms with E-state index in [-0.39, 0.29) is 6.04 Å². The molecule has 78 valence electrons. The van der Waals surface area contributed by atoms with Gasteiger partial charge < -0.3 is 10.5 Å². The van der Waals surface area contributed by atoms with Crippen LogP contribution in [0.25, 0.3) is 0 Å². The molecule has 1 atom stereocenters. The minimum Gasteiger partial charge on any atom is -0.380 e. The minimum atomic E-state index is -0.0516. The third kappa shape index (κ3) is 2.80. The van der Waals surface area contributed by atoms with Crippen LogP contribution in [-0.4, -0.2) is 13.2 Å². The second kappa shape index (κ2) is 5.49. The molecule has 0 aromatic heterocycles. The highest BCUT2D eigenvalue weighted by molar-refractivity contribution is 9.10. The Labute approximate surface area is 93.6 Å². The molecule has 0 heterocycles. The van der Waals surface area contributed by atoms with E-state index >= 15 is 0 Å². The lowest BCUT2D eigenvalue weighted by Crippen LogP contribution is -2.17. The lowest BCUT2D eigenvalue weighted by atomic mass is 10.1. The van der Waals surface area contributed by atoms with E-state index in [1.165, 1.54) is 5.56 Å². The third-order valence-electron chi connectivity index (χ3n) is 2.12. The molecule has 1 aromatic carbocycles. The van der Waals surface area contributed by atoms with Crippen LogP contribution in [-0.2, 0) is 4.74 Å². The SMILES string of the molecule is CCOCC(N)c1cccc(C)c1Br. The zero-order valence-corrected chi connectivity index (χ0v) is 10.2. The summed E-state index contributed by atoms with van der Waals surface area (Å²) in [7, 11) is 0. The third-order valence-corrected chi connectivity index (χ3v) is 3.21. The van der Waals surface area contributed by atoms with E-state index in [2.05, 4.69) is 28.9 Å². The maximum absolute atomic E-state index is 6.00. The van der Waals surface area contributed by atoms with Gasteiger partial charge in [0.05, 0.1) is 12.6 Å². The lowest BCUT2D eigenvalue weighted by molar-refractivity contribution is 0.133. The molecule has 0 saturated carbocycles. The van der Waals surface area contributed by atoms with Gasteiger partial charge in [0.25, 0.3) is 0 Å². The van der Waals surface area contributed by atoms with Crippen molar-refractivity contribution in [2.45, 2.75) is 19.9 Å². The molecule has 0 saturated heterocycles. The molecule has 0 amide bonds. The van der Waals surface area contributed by atoms with Gasteiger partial charge in [-0.25, -0.2) is 0 Å². The van der Waals surface area contributed by atoms with Crippen molar-refractivity contribution in [3.05, 3.63) is 33.8 Å². The van der Waals surface area contributed by atoms with Gasteiger partial charge in [0, 0.05) is 11.1 Å². The average molecular weight is 258 g/mol. The monoisotopic (exact) mass is 257 g/mol. The number of benzene rings is 1. The molecule has 0 spiro atoms. The van der Waals surface area contributed by atoms with Gasteiger partial charge in [0.15, 0.2) is 0 Å². The van der Waals surface area contributed by atoms with Crippen LogP contribution in [0.5, 0.6) is 0 Å². The second-order valence-electron chi connectivity index (χ2n) is 3.24. The number of aryl methyl sites for hydroxylation is 1. The Morgan fingerprint density at radius 2 is 2.21 bits per heavy atom. The van der Waals surface area contributed by atoms with Crippen LogP contribution in [0, 0.1) is 6.92 Å². The Kier molecular flexibility index (Phi) is 4.58. The fourth-order valence-corrected chi connectivity index (χ4v) is 1.85. The molecule has 0 bridgehead atoms. The molecule has 0 aliphatic carbocycles. The van der Waals surface area contributed by atoms with Crippen LogP contribution in [0.1, 0.15) is 24.1 Å². The second-order valence-corrected chi connectivity index (χ2v) is 4.04. The number of halogens is 1. The number of ether oxygens (including phenoxy) is 1.